The highest BCUT2D eigenvalue weighted by molar-refractivity contribution is 9.10. The van der Waals surface area contributed by atoms with Gasteiger partial charge in [0.2, 0.25) is 0 Å². The molecule has 4 heteroatoms. The molecular weight excluding hydrogens is 268 g/mol. The van der Waals surface area contributed by atoms with Gasteiger partial charge in [0, 0.05) is 23.6 Å². The zero-order chi connectivity index (χ0) is 12.3. The molecule has 0 aliphatic carbocycles. The van der Waals surface area contributed by atoms with Gasteiger partial charge in [-0.2, -0.15) is 0 Å². The molecule has 0 aliphatic heterocycles. The molecule has 2 atom stereocenters. The van der Waals surface area contributed by atoms with E-state index in [0.29, 0.717) is 0 Å². The molecule has 1 aromatic rings. The summed E-state index contributed by atoms with van der Waals surface area (Å²) >= 11 is 3.53. The molecule has 0 bridgehead atoms. The van der Waals surface area contributed by atoms with E-state index >= 15 is 0 Å². The first kappa shape index (κ1) is 13.5. The summed E-state index contributed by atoms with van der Waals surface area (Å²) in [5, 5.41) is 9.12. The van der Waals surface area contributed by atoms with Crippen LogP contribution in [0.1, 0.15) is 25.5 Å². The van der Waals surface area contributed by atoms with Crippen LogP contribution in [0.25, 0.3) is 0 Å². The Hall–Kier alpha value is -0.580. The average molecular weight is 287 g/mol. The van der Waals surface area contributed by atoms with E-state index in [1.54, 1.807) is 0 Å². The average Bonchev–Trinajstić information content (AvgIpc) is 2.26. The van der Waals surface area contributed by atoms with Crippen LogP contribution >= 0.6 is 15.9 Å². The summed E-state index contributed by atoms with van der Waals surface area (Å²) < 4.78 is 1.00. The van der Waals surface area contributed by atoms with Crippen molar-refractivity contribution in [2.24, 2.45) is 5.73 Å². The minimum absolute atomic E-state index is 0.0333. The number of nitrogens with two attached hydrogens (primary N) is 1. The van der Waals surface area contributed by atoms with Gasteiger partial charge in [0.15, 0.2) is 0 Å². The molecule has 90 valence electrons. The Morgan fingerprint density at radius 3 is 2.50 bits per heavy atom. The fraction of sp³-hybridized carbons (Fsp3) is 0.500. The van der Waals surface area contributed by atoms with Crippen molar-refractivity contribution in [3.8, 4) is 0 Å². The number of rotatable bonds is 4. The summed E-state index contributed by atoms with van der Waals surface area (Å²) in [6.07, 6.45) is 0. The van der Waals surface area contributed by atoms with E-state index in [-0.39, 0.29) is 18.7 Å². The van der Waals surface area contributed by atoms with Crippen LogP contribution < -0.4 is 10.6 Å². The molecule has 0 spiro atoms. The van der Waals surface area contributed by atoms with Crippen LogP contribution in [0.15, 0.2) is 22.7 Å². The largest absolute Gasteiger partial charge is 0.394 e. The first-order chi connectivity index (χ1) is 7.47. The van der Waals surface area contributed by atoms with Crippen molar-refractivity contribution in [1.82, 2.24) is 0 Å². The van der Waals surface area contributed by atoms with Gasteiger partial charge >= 0.3 is 0 Å². The van der Waals surface area contributed by atoms with Gasteiger partial charge in [-0.25, -0.2) is 0 Å². The molecular formula is C12H19BrN2O. The molecule has 0 fully saturated rings. The summed E-state index contributed by atoms with van der Waals surface area (Å²) in [6.45, 7) is 4.07. The molecule has 16 heavy (non-hydrogen) atoms. The molecule has 0 amide bonds. The molecule has 0 heterocycles. The van der Waals surface area contributed by atoms with E-state index in [1.165, 1.54) is 0 Å². The van der Waals surface area contributed by atoms with Gasteiger partial charge in [-0.15, -0.1) is 0 Å². The molecule has 3 nitrogen and oxygen atoms in total. The number of halogens is 1. The van der Waals surface area contributed by atoms with E-state index in [4.69, 9.17) is 10.8 Å². The number of nitrogens with zero attached hydrogens (tertiary/aromatic N) is 1. The highest BCUT2D eigenvalue weighted by atomic mass is 79.9. The summed E-state index contributed by atoms with van der Waals surface area (Å²) in [5.74, 6) is 0. The molecule has 0 saturated heterocycles. The standard InChI is InChI=1S/C12H19BrN2O/c1-8(7-16)15(3)12-5-4-10(9(2)14)6-11(12)13/h4-6,8-9,16H,7,14H2,1-3H3/t8?,9-/m0/s1. The first-order valence-electron chi connectivity index (χ1n) is 5.36. The van der Waals surface area contributed by atoms with Crippen molar-refractivity contribution in [3.63, 3.8) is 0 Å². The van der Waals surface area contributed by atoms with Crippen LogP contribution in [0, 0.1) is 0 Å². The van der Waals surface area contributed by atoms with Crippen LogP contribution in [0.3, 0.4) is 0 Å². The molecule has 0 radical (unpaired) electrons. The van der Waals surface area contributed by atoms with E-state index in [1.807, 2.05) is 44.0 Å². The lowest BCUT2D eigenvalue weighted by Gasteiger charge is -2.27. The van der Waals surface area contributed by atoms with Crippen LogP contribution in [0.5, 0.6) is 0 Å². The zero-order valence-electron chi connectivity index (χ0n) is 9.94. The van der Waals surface area contributed by atoms with Gasteiger partial charge < -0.3 is 15.7 Å². The molecule has 0 aromatic heterocycles. The number of hydrogen-bond acceptors (Lipinski definition) is 3. The van der Waals surface area contributed by atoms with Crippen molar-refractivity contribution in [3.05, 3.63) is 28.2 Å². The predicted molar refractivity (Wildman–Crippen MR) is 71.7 cm³/mol. The minimum Gasteiger partial charge on any atom is -0.394 e. The normalized spacial score (nSPS) is 14.6. The smallest absolute Gasteiger partial charge is 0.0632 e. The Kier molecular flexibility index (Phi) is 4.77. The second-order valence-corrected chi connectivity index (χ2v) is 5.00. The van der Waals surface area contributed by atoms with Gasteiger partial charge in [-0.05, 0) is 47.5 Å². The Balaban J connectivity index is 2.99. The lowest BCUT2D eigenvalue weighted by atomic mass is 10.1. The Morgan fingerprint density at radius 1 is 1.44 bits per heavy atom. The van der Waals surface area contributed by atoms with E-state index in [0.717, 1.165) is 15.7 Å². The van der Waals surface area contributed by atoms with E-state index in [2.05, 4.69) is 15.9 Å². The van der Waals surface area contributed by atoms with Crippen LogP contribution in [0.4, 0.5) is 5.69 Å². The number of hydrogen-bond donors (Lipinski definition) is 2. The molecule has 1 aromatic carbocycles. The monoisotopic (exact) mass is 286 g/mol. The summed E-state index contributed by atoms with van der Waals surface area (Å²) in [6, 6.07) is 6.20. The summed E-state index contributed by atoms with van der Waals surface area (Å²) in [5.41, 5.74) is 7.98. The third-order valence-corrected chi connectivity index (χ3v) is 3.44. The number of likely N-dealkylation sites (N-methyl/N-ethyl adjacent to an activating group) is 1. The maximum Gasteiger partial charge on any atom is 0.0632 e. The highest BCUT2D eigenvalue weighted by Crippen LogP contribution is 2.29. The second kappa shape index (κ2) is 5.66. The molecule has 0 aliphatic rings. The Bertz CT molecular complexity index is 355. The van der Waals surface area contributed by atoms with Gasteiger partial charge in [-0.1, -0.05) is 6.07 Å². The molecule has 1 rings (SSSR count). The van der Waals surface area contributed by atoms with Gasteiger partial charge in [0.25, 0.3) is 0 Å². The predicted octanol–water partition coefficient (Wildman–Crippen LogP) is 2.29. The van der Waals surface area contributed by atoms with Gasteiger partial charge in [0.05, 0.1) is 12.3 Å². The van der Waals surface area contributed by atoms with E-state index in [9.17, 15) is 0 Å². The molecule has 0 saturated carbocycles. The van der Waals surface area contributed by atoms with Crippen molar-refractivity contribution in [2.75, 3.05) is 18.6 Å². The van der Waals surface area contributed by atoms with Crippen LogP contribution in [0.2, 0.25) is 0 Å². The lowest BCUT2D eigenvalue weighted by Crippen LogP contribution is -2.32. The number of aliphatic hydroxyl groups is 1. The third kappa shape index (κ3) is 2.97. The summed E-state index contributed by atoms with van der Waals surface area (Å²) in [7, 11) is 1.96. The van der Waals surface area contributed by atoms with Crippen LogP contribution in [-0.4, -0.2) is 24.8 Å². The molecule has 3 N–H and O–H groups in total. The van der Waals surface area contributed by atoms with Gasteiger partial charge in [0.1, 0.15) is 0 Å². The highest BCUT2D eigenvalue weighted by Gasteiger charge is 2.12. The second-order valence-electron chi connectivity index (χ2n) is 4.14. The van der Waals surface area contributed by atoms with Crippen molar-refractivity contribution >= 4 is 21.6 Å². The van der Waals surface area contributed by atoms with Crippen molar-refractivity contribution in [1.29, 1.82) is 0 Å². The Labute approximate surface area is 105 Å². The summed E-state index contributed by atoms with van der Waals surface area (Å²) in [4.78, 5) is 2.04. The van der Waals surface area contributed by atoms with Crippen LogP contribution in [-0.2, 0) is 0 Å². The lowest BCUT2D eigenvalue weighted by molar-refractivity contribution is 0.270. The fourth-order valence-electron chi connectivity index (χ4n) is 1.45. The Morgan fingerprint density at radius 2 is 2.06 bits per heavy atom. The topological polar surface area (TPSA) is 49.5 Å². The third-order valence-electron chi connectivity index (χ3n) is 2.80. The van der Waals surface area contributed by atoms with Crippen molar-refractivity contribution < 1.29 is 5.11 Å². The zero-order valence-corrected chi connectivity index (χ0v) is 11.5. The quantitative estimate of drug-likeness (QED) is 0.893. The number of benzene rings is 1. The first-order valence-corrected chi connectivity index (χ1v) is 6.15. The minimum atomic E-state index is 0.0333. The van der Waals surface area contributed by atoms with E-state index < -0.39 is 0 Å². The van der Waals surface area contributed by atoms with Gasteiger partial charge in [-0.3, -0.25) is 0 Å². The fourth-order valence-corrected chi connectivity index (χ4v) is 2.13. The molecule has 1 unspecified atom stereocenters. The van der Waals surface area contributed by atoms with Crippen molar-refractivity contribution in [2.45, 2.75) is 25.9 Å². The number of anilines is 1. The number of aliphatic hydroxyl groups excluding tert-OH is 1. The SMILES string of the molecule is CC(CO)N(C)c1ccc([C@H](C)N)cc1Br. The maximum atomic E-state index is 9.12. The maximum absolute atomic E-state index is 9.12.